The summed E-state index contributed by atoms with van der Waals surface area (Å²) in [7, 11) is 0. The van der Waals surface area contributed by atoms with Crippen molar-refractivity contribution in [3.8, 4) is 0 Å². The molecule has 0 aliphatic heterocycles. The molecule has 0 fully saturated rings. The van der Waals surface area contributed by atoms with Gasteiger partial charge < -0.3 is 10.3 Å². The van der Waals surface area contributed by atoms with E-state index in [2.05, 4.69) is 28.5 Å². The lowest BCUT2D eigenvalue weighted by Crippen LogP contribution is -2.26. The second kappa shape index (κ2) is 5.85. The summed E-state index contributed by atoms with van der Waals surface area (Å²) in [5.74, 6) is 0.0837. The number of anilines is 1. The molecule has 1 heterocycles. The number of carbonyl (C=O) groups excluding carboxylic acids is 1. The fourth-order valence-corrected chi connectivity index (χ4v) is 3.16. The van der Waals surface area contributed by atoms with Gasteiger partial charge in [-0.25, -0.2) is 0 Å². The minimum Gasteiger partial charge on any atom is -0.375 e. The van der Waals surface area contributed by atoms with Crippen molar-refractivity contribution in [3.63, 3.8) is 0 Å². The topological polar surface area (TPSA) is 44.9 Å². The molecule has 118 valence electrons. The van der Waals surface area contributed by atoms with Crippen LogP contribution in [0.2, 0.25) is 0 Å². The first-order chi connectivity index (χ1) is 11.7. The van der Waals surface area contributed by atoms with Crippen LogP contribution in [0, 0.1) is 0 Å². The minimum absolute atomic E-state index is 0.0837. The van der Waals surface area contributed by atoms with Crippen LogP contribution in [0.4, 0.5) is 5.69 Å². The molecule has 0 saturated carbocycles. The zero-order valence-electron chi connectivity index (χ0n) is 13.4. The van der Waals surface area contributed by atoms with Gasteiger partial charge in [0.15, 0.2) is 5.78 Å². The number of aromatic nitrogens is 1. The van der Waals surface area contributed by atoms with E-state index < -0.39 is 0 Å². The third-order valence-corrected chi connectivity index (χ3v) is 4.41. The highest BCUT2D eigenvalue weighted by Gasteiger charge is 2.19. The predicted molar refractivity (Wildman–Crippen MR) is 99.7 cm³/mol. The second-order valence-corrected chi connectivity index (χ2v) is 6.00. The highest BCUT2D eigenvalue weighted by atomic mass is 16.1. The molecule has 1 atom stereocenters. The monoisotopic (exact) mass is 314 g/mol. The zero-order chi connectivity index (χ0) is 16.5. The standard InChI is InChI=1S/C21H18N2O/c1-14(21(24)18-13-22-19-11-5-4-10-17(18)19)23-20-12-6-8-15-7-2-3-9-16(15)20/h2-14,22-23H,1H3/t14-/m1/s1. The van der Waals surface area contributed by atoms with Gasteiger partial charge in [0.05, 0.1) is 6.04 Å². The molecule has 1 aromatic heterocycles. The number of fused-ring (bicyclic) bond motifs is 2. The molecule has 0 aliphatic rings. The maximum absolute atomic E-state index is 12.9. The zero-order valence-corrected chi connectivity index (χ0v) is 13.4. The Morgan fingerprint density at radius 2 is 1.62 bits per heavy atom. The van der Waals surface area contributed by atoms with Crippen molar-refractivity contribution in [3.05, 3.63) is 78.5 Å². The lowest BCUT2D eigenvalue weighted by Gasteiger charge is -2.16. The van der Waals surface area contributed by atoms with Crippen LogP contribution >= 0.6 is 0 Å². The van der Waals surface area contributed by atoms with Gasteiger partial charge in [-0.2, -0.15) is 0 Å². The number of rotatable bonds is 4. The van der Waals surface area contributed by atoms with E-state index in [1.807, 2.05) is 55.5 Å². The summed E-state index contributed by atoms with van der Waals surface area (Å²) in [5.41, 5.74) is 2.69. The van der Waals surface area contributed by atoms with Crippen molar-refractivity contribution in [1.82, 2.24) is 4.98 Å². The SMILES string of the molecule is C[C@@H](Nc1cccc2ccccc12)C(=O)c1c[nH]c2ccccc12. The van der Waals surface area contributed by atoms with Gasteiger partial charge in [0, 0.05) is 33.7 Å². The summed E-state index contributed by atoms with van der Waals surface area (Å²) in [6.45, 7) is 1.91. The number of carbonyl (C=O) groups is 1. The summed E-state index contributed by atoms with van der Waals surface area (Å²) in [5, 5.41) is 6.63. The second-order valence-electron chi connectivity index (χ2n) is 6.00. The summed E-state index contributed by atoms with van der Waals surface area (Å²) in [6.07, 6.45) is 1.80. The van der Waals surface area contributed by atoms with Gasteiger partial charge in [-0.05, 0) is 24.4 Å². The maximum atomic E-state index is 12.9. The molecular formula is C21H18N2O. The number of nitrogens with one attached hydrogen (secondary N) is 2. The Morgan fingerprint density at radius 3 is 2.50 bits per heavy atom. The normalized spacial score (nSPS) is 12.4. The van der Waals surface area contributed by atoms with Crippen molar-refractivity contribution in [2.75, 3.05) is 5.32 Å². The van der Waals surface area contributed by atoms with Crippen LogP contribution in [0.15, 0.2) is 72.9 Å². The average molecular weight is 314 g/mol. The van der Waals surface area contributed by atoms with Gasteiger partial charge >= 0.3 is 0 Å². The lowest BCUT2D eigenvalue weighted by atomic mass is 10.0. The van der Waals surface area contributed by atoms with E-state index in [-0.39, 0.29) is 11.8 Å². The van der Waals surface area contributed by atoms with Gasteiger partial charge in [-0.3, -0.25) is 4.79 Å². The largest absolute Gasteiger partial charge is 0.375 e. The minimum atomic E-state index is -0.310. The molecule has 0 unspecified atom stereocenters. The highest BCUT2D eigenvalue weighted by Crippen LogP contribution is 2.25. The quantitative estimate of drug-likeness (QED) is 0.520. The Kier molecular flexibility index (Phi) is 3.54. The Labute approximate surface area is 140 Å². The van der Waals surface area contributed by atoms with E-state index >= 15 is 0 Å². The molecule has 0 bridgehead atoms. The van der Waals surface area contributed by atoms with Crippen LogP contribution in [-0.4, -0.2) is 16.8 Å². The van der Waals surface area contributed by atoms with Crippen LogP contribution in [0.3, 0.4) is 0 Å². The van der Waals surface area contributed by atoms with E-state index in [0.717, 1.165) is 32.9 Å². The van der Waals surface area contributed by atoms with E-state index in [0.29, 0.717) is 0 Å². The Balaban J connectivity index is 1.66. The lowest BCUT2D eigenvalue weighted by molar-refractivity contribution is 0.0977. The maximum Gasteiger partial charge on any atom is 0.186 e. The average Bonchev–Trinajstić information content (AvgIpc) is 3.05. The first-order valence-electron chi connectivity index (χ1n) is 8.08. The van der Waals surface area contributed by atoms with Crippen LogP contribution in [0.1, 0.15) is 17.3 Å². The smallest absolute Gasteiger partial charge is 0.186 e. The first-order valence-corrected chi connectivity index (χ1v) is 8.08. The Morgan fingerprint density at radius 1 is 0.917 bits per heavy atom. The van der Waals surface area contributed by atoms with Crippen LogP contribution in [-0.2, 0) is 0 Å². The van der Waals surface area contributed by atoms with E-state index in [9.17, 15) is 4.79 Å². The number of benzene rings is 3. The van der Waals surface area contributed by atoms with Crippen LogP contribution in [0.25, 0.3) is 21.7 Å². The van der Waals surface area contributed by atoms with Crippen LogP contribution < -0.4 is 5.32 Å². The van der Waals surface area contributed by atoms with E-state index in [4.69, 9.17) is 0 Å². The van der Waals surface area contributed by atoms with Crippen LogP contribution in [0.5, 0.6) is 0 Å². The van der Waals surface area contributed by atoms with Gasteiger partial charge in [0.25, 0.3) is 0 Å². The molecule has 0 spiro atoms. The number of hydrogen-bond donors (Lipinski definition) is 2. The number of aromatic amines is 1. The Bertz CT molecular complexity index is 1030. The van der Waals surface area contributed by atoms with Crippen molar-refractivity contribution < 1.29 is 4.79 Å². The molecule has 4 rings (SSSR count). The van der Waals surface area contributed by atoms with Crippen molar-refractivity contribution in [1.29, 1.82) is 0 Å². The molecule has 3 nitrogen and oxygen atoms in total. The predicted octanol–water partition coefficient (Wildman–Crippen LogP) is 5.00. The van der Waals surface area contributed by atoms with Gasteiger partial charge in [0.2, 0.25) is 0 Å². The molecular weight excluding hydrogens is 296 g/mol. The van der Waals surface area contributed by atoms with Crippen molar-refractivity contribution in [2.45, 2.75) is 13.0 Å². The number of H-pyrrole nitrogens is 1. The van der Waals surface area contributed by atoms with E-state index in [1.165, 1.54) is 0 Å². The number of ketones is 1. The fourth-order valence-electron chi connectivity index (χ4n) is 3.16. The molecule has 0 amide bonds. The molecule has 3 aromatic carbocycles. The molecule has 0 aliphatic carbocycles. The first kappa shape index (κ1) is 14.5. The Hall–Kier alpha value is -3.07. The summed E-state index contributed by atoms with van der Waals surface area (Å²) in [6, 6.07) is 21.8. The van der Waals surface area contributed by atoms with Crippen molar-refractivity contribution in [2.24, 2.45) is 0 Å². The highest BCUT2D eigenvalue weighted by molar-refractivity contribution is 6.11. The summed E-state index contributed by atoms with van der Waals surface area (Å²) in [4.78, 5) is 16.0. The third-order valence-electron chi connectivity index (χ3n) is 4.41. The fraction of sp³-hybridized carbons (Fsp3) is 0.0952. The molecule has 24 heavy (non-hydrogen) atoms. The third kappa shape index (κ3) is 2.44. The molecule has 3 heteroatoms. The van der Waals surface area contributed by atoms with Gasteiger partial charge in [0.1, 0.15) is 0 Å². The molecule has 2 N–H and O–H groups in total. The molecule has 0 radical (unpaired) electrons. The number of para-hydroxylation sites is 1. The van der Waals surface area contributed by atoms with Gasteiger partial charge in [-0.15, -0.1) is 0 Å². The molecule has 4 aromatic rings. The summed E-state index contributed by atoms with van der Waals surface area (Å²) < 4.78 is 0. The summed E-state index contributed by atoms with van der Waals surface area (Å²) >= 11 is 0. The number of Topliss-reactive ketones (excluding diaryl/α,β-unsaturated/α-hetero) is 1. The molecule has 0 saturated heterocycles. The van der Waals surface area contributed by atoms with Gasteiger partial charge in [-0.1, -0.05) is 54.6 Å². The van der Waals surface area contributed by atoms with E-state index in [1.54, 1.807) is 6.20 Å². The van der Waals surface area contributed by atoms with Crippen molar-refractivity contribution >= 4 is 33.1 Å². The number of hydrogen-bond acceptors (Lipinski definition) is 2.